The fraction of sp³-hybridized carbons (Fsp3) is 0.387. The molecule has 228 valence electrons. The zero-order valence-electron chi connectivity index (χ0n) is 25.0. The van der Waals surface area contributed by atoms with E-state index in [-0.39, 0.29) is 25.3 Å². The molecule has 2 heterocycles. The average molecular weight is 629 g/mol. The Morgan fingerprint density at radius 3 is 2.23 bits per heavy atom. The second-order valence-electron chi connectivity index (χ2n) is 12.1. The number of nitrogens with one attached hydrogen (secondary N) is 1. The highest BCUT2D eigenvalue weighted by Crippen LogP contribution is 2.31. The lowest BCUT2D eigenvalue weighted by atomic mass is 10.0. The van der Waals surface area contributed by atoms with E-state index in [1.165, 1.54) is 6.33 Å². The molecular weight excluding hydrogens is 593 g/mol. The van der Waals surface area contributed by atoms with E-state index >= 15 is 0 Å². The third-order valence-electron chi connectivity index (χ3n) is 6.30. The van der Waals surface area contributed by atoms with Gasteiger partial charge in [-0.15, -0.1) is 0 Å². The summed E-state index contributed by atoms with van der Waals surface area (Å²) in [6.07, 6.45) is 0.341. The molecule has 0 spiro atoms. The van der Waals surface area contributed by atoms with Crippen molar-refractivity contribution in [2.75, 3.05) is 25.0 Å². The Bertz CT molecular complexity index is 1520. The maximum atomic E-state index is 13.2. The predicted octanol–water partition coefficient (Wildman–Crippen LogP) is 7.23. The van der Waals surface area contributed by atoms with Crippen LogP contribution >= 0.6 is 23.2 Å². The smallest absolute Gasteiger partial charge is 0.410 e. The van der Waals surface area contributed by atoms with Gasteiger partial charge in [-0.3, -0.25) is 9.69 Å². The fourth-order valence-electron chi connectivity index (χ4n) is 4.41. The van der Waals surface area contributed by atoms with Crippen molar-refractivity contribution in [1.29, 1.82) is 0 Å². The van der Waals surface area contributed by atoms with Gasteiger partial charge in [-0.1, -0.05) is 41.4 Å². The van der Waals surface area contributed by atoms with Crippen LogP contribution in [0.5, 0.6) is 0 Å². The Hall–Kier alpha value is -3.89. The summed E-state index contributed by atoms with van der Waals surface area (Å²) in [7, 11) is 0. The number of amides is 3. The highest BCUT2D eigenvalue weighted by atomic mass is 35.5. The Morgan fingerprint density at radius 1 is 0.860 bits per heavy atom. The van der Waals surface area contributed by atoms with E-state index in [9.17, 15) is 14.4 Å². The van der Waals surface area contributed by atoms with Crippen LogP contribution in [0.1, 0.15) is 63.6 Å². The van der Waals surface area contributed by atoms with Crippen LogP contribution in [0.15, 0.2) is 54.9 Å². The second-order valence-corrected chi connectivity index (χ2v) is 12.9. The van der Waals surface area contributed by atoms with Crippen molar-refractivity contribution in [3.05, 3.63) is 76.2 Å². The highest BCUT2D eigenvalue weighted by Gasteiger charge is 2.37. The first kappa shape index (κ1) is 32.0. The minimum atomic E-state index is -0.701. The first-order chi connectivity index (χ1) is 20.1. The number of carbonyl (C=O) groups is 3. The van der Waals surface area contributed by atoms with Crippen molar-refractivity contribution in [3.8, 4) is 11.3 Å². The molecule has 3 aromatic rings. The molecule has 0 bridgehead atoms. The highest BCUT2D eigenvalue weighted by molar-refractivity contribution is 6.42. The van der Waals surface area contributed by atoms with Gasteiger partial charge in [-0.2, -0.15) is 0 Å². The number of ether oxygens (including phenoxy) is 2. The molecule has 10 nitrogen and oxygen atoms in total. The van der Waals surface area contributed by atoms with Gasteiger partial charge in [-0.05, 0) is 77.4 Å². The molecule has 43 heavy (non-hydrogen) atoms. The number of nitrogens with zero attached hydrogens (tertiary/aromatic N) is 4. The zero-order valence-corrected chi connectivity index (χ0v) is 26.5. The molecule has 0 radical (unpaired) electrons. The van der Waals surface area contributed by atoms with Crippen molar-refractivity contribution in [2.24, 2.45) is 0 Å². The van der Waals surface area contributed by atoms with E-state index < -0.39 is 35.3 Å². The molecule has 1 unspecified atom stereocenters. The van der Waals surface area contributed by atoms with Crippen molar-refractivity contribution in [1.82, 2.24) is 19.8 Å². The summed E-state index contributed by atoms with van der Waals surface area (Å²) in [6, 6.07) is 13.2. The third-order valence-corrected chi connectivity index (χ3v) is 7.04. The summed E-state index contributed by atoms with van der Waals surface area (Å²) in [5, 5.41) is 3.65. The van der Waals surface area contributed by atoms with Gasteiger partial charge in [0.25, 0.3) is 5.91 Å². The molecule has 0 aliphatic carbocycles. The second kappa shape index (κ2) is 12.8. The van der Waals surface area contributed by atoms with Crippen LogP contribution in [0.2, 0.25) is 10.0 Å². The van der Waals surface area contributed by atoms with Crippen LogP contribution in [-0.4, -0.2) is 68.7 Å². The van der Waals surface area contributed by atoms with Crippen LogP contribution < -0.4 is 5.32 Å². The number of benzene rings is 2. The molecule has 1 atom stereocenters. The lowest BCUT2D eigenvalue weighted by Gasteiger charge is -2.42. The fourth-order valence-corrected chi connectivity index (χ4v) is 4.71. The van der Waals surface area contributed by atoms with Crippen molar-refractivity contribution < 1.29 is 23.9 Å². The third kappa shape index (κ3) is 8.58. The van der Waals surface area contributed by atoms with E-state index in [2.05, 4.69) is 15.3 Å². The summed E-state index contributed by atoms with van der Waals surface area (Å²) >= 11 is 12.2. The quantitative estimate of drug-likeness (QED) is 0.324. The number of halogens is 2. The Kier molecular flexibility index (Phi) is 9.51. The van der Waals surface area contributed by atoms with Crippen LogP contribution in [-0.2, 0) is 9.47 Å². The predicted molar refractivity (Wildman–Crippen MR) is 165 cm³/mol. The lowest BCUT2D eigenvalue weighted by molar-refractivity contribution is -0.0152. The number of hydrogen-bond donors (Lipinski definition) is 1. The topological polar surface area (TPSA) is 114 Å². The Labute approximate surface area is 261 Å². The van der Waals surface area contributed by atoms with E-state index in [1.807, 2.05) is 6.07 Å². The van der Waals surface area contributed by atoms with Gasteiger partial charge in [-0.25, -0.2) is 19.6 Å². The van der Waals surface area contributed by atoms with Crippen molar-refractivity contribution in [2.45, 2.75) is 58.8 Å². The Morgan fingerprint density at radius 2 is 1.56 bits per heavy atom. The summed E-state index contributed by atoms with van der Waals surface area (Å²) < 4.78 is 11.3. The van der Waals surface area contributed by atoms with E-state index in [0.717, 1.165) is 0 Å². The molecule has 1 aliphatic heterocycles. The monoisotopic (exact) mass is 627 g/mol. The average Bonchev–Trinajstić information content (AvgIpc) is 2.92. The largest absolute Gasteiger partial charge is 0.444 e. The van der Waals surface area contributed by atoms with Crippen molar-refractivity contribution >= 4 is 47.0 Å². The lowest BCUT2D eigenvalue weighted by Crippen LogP contribution is -2.54. The van der Waals surface area contributed by atoms with Crippen LogP contribution in [0.25, 0.3) is 11.3 Å². The molecule has 1 N–H and O–H groups in total. The zero-order chi connectivity index (χ0) is 31.5. The number of rotatable bonds is 4. The van der Waals surface area contributed by atoms with Crippen LogP contribution in [0.4, 0.5) is 15.3 Å². The standard InChI is InChI=1S/C31H35Cl2N5O5/c1-30(2,3)42-28(40)37-12-13-38(29(41)43-31(4,5)6)26(17-37)20-8-7-9-21(14-20)36-27(39)25-16-24(34-18-35-25)19-10-11-22(32)23(33)15-19/h7-11,14-16,18,26H,12-13,17H2,1-6H3,(H,36,39). The number of hydrogen-bond acceptors (Lipinski definition) is 7. The Balaban J connectivity index is 1.58. The van der Waals surface area contributed by atoms with Gasteiger partial charge in [0.1, 0.15) is 23.2 Å². The van der Waals surface area contributed by atoms with Gasteiger partial charge in [0.05, 0.1) is 21.8 Å². The van der Waals surface area contributed by atoms with Gasteiger partial charge in [0, 0.05) is 30.9 Å². The summed E-state index contributed by atoms with van der Waals surface area (Å²) in [4.78, 5) is 50.9. The molecule has 12 heteroatoms. The van der Waals surface area contributed by atoms with E-state index in [4.69, 9.17) is 32.7 Å². The summed E-state index contributed by atoms with van der Waals surface area (Å²) in [5.41, 5.74) is 1.15. The van der Waals surface area contributed by atoms with Crippen molar-refractivity contribution in [3.63, 3.8) is 0 Å². The molecule has 1 aromatic heterocycles. The first-order valence-corrected chi connectivity index (χ1v) is 14.5. The maximum Gasteiger partial charge on any atom is 0.410 e. The number of anilines is 1. The summed E-state index contributed by atoms with van der Waals surface area (Å²) in [5.74, 6) is -0.455. The van der Waals surface area contributed by atoms with Crippen LogP contribution in [0.3, 0.4) is 0 Å². The molecule has 3 amide bonds. The molecule has 1 saturated heterocycles. The molecule has 1 fully saturated rings. The van der Waals surface area contributed by atoms with Gasteiger partial charge in [0.2, 0.25) is 0 Å². The van der Waals surface area contributed by atoms with E-state index in [0.29, 0.717) is 32.6 Å². The van der Waals surface area contributed by atoms with E-state index in [1.54, 1.807) is 93.8 Å². The maximum absolute atomic E-state index is 13.2. The van der Waals surface area contributed by atoms with Gasteiger partial charge < -0.3 is 19.7 Å². The van der Waals surface area contributed by atoms with Gasteiger partial charge in [0.15, 0.2) is 0 Å². The minimum Gasteiger partial charge on any atom is -0.444 e. The van der Waals surface area contributed by atoms with Gasteiger partial charge >= 0.3 is 12.2 Å². The molecule has 4 rings (SSSR count). The summed E-state index contributed by atoms with van der Waals surface area (Å²) in [6.45, 7) is 11.5. The minimum absolute atomic E-state index is 0.144. The molecule has 1 aliphatic rings. The number of carbonyl (C=O) groups excluding carboxylic acids is 3. The molecule has 2 aromatic carbocycles. The van der Waals surface area contributed by atoms with Crippen LogP contribution in [0, 0.1) is 0 Å². The SMILES string of the molecule is CC(C)(C)OC(=O)N1CCN(C(=O)OC(C)(C)C)C(c2cccc(NC(=O)c3cc(-c4ccc(Cl)c(Cl)c4)ncn3)c2)C1. The first-order valence-electron chi connectivity index (χ1n) is 13.8. The number of aromatic nitrogens is 2. The molecular formula is C31H35Cl2N5O5. The normalized spacial score (nSPS) is 15.6. The molecule has 0 saturated carbocycles. The number of piperazine rings is 1.